The lowest BCUT2D eigenvalue weighted by Crippen LogP contribution is -2.16. The SMILES string of the molecule is CC(C)S(=O)(=O)c1ccccc1S(=O)(=O)Cl.Cl. The van der Waals surface area contributed by atoms with E-state index in [9.17, 15) is 16.8 Å². The topological polar surface area (TPSA) is 68.3 Å². The Hall–Kier alpha value is -0.300. The van der Waals surface area contributed by atoms with Crippen molar-refractivity contribution in [2.24, 2.45) is 0 Å². The van der Waals surface area contributed by atoms with E-state index in [-0.39, 0.29) is 22.2 Å². The fourth-order valence-corrected chi connectivity index (χ4v) is 4.03. The number of hydrogen-bond donors (Lipinski definition) is 0. The first-order valence-corrected chi connectivity index (χ1v) is 8.30. The van der Waals surface area contributed by atoms with Gasteiger partial charge in [0.1, 0.15) is 4.90 Å². The second kappa shape index (κ2) is 5.56. The standard InChI is InChI=1S/C9H11ClO4S2.ClH/c1-7(2)15(11,12)8-5-3-4-6-9(8)16(10,13)14;/h3-7H,1-2H3;1H. The molecule has 1 aromatic rings. The average molecular weight is 319 g/mol. The Bertz CT molecular complexity index is 591. The summed E-state index contributed by atoms with van der Waals surface area (Å²) in [7, 11) is -2.53. The molecule has 0 aromatic heterocycles. The normalized spacial score (nSPS) is 12.2. The molecule has 0 atom stereocenters. The van der Waals surface area contributed by atoms with Gasteiger partial charge in [-0.15, -0.1) is 12.4 Å². The third kappa shape index (κ3) is 3.58. The zero-order valence-corrected chi connectivity index (χ0v) is 12.3. The van der Waals surface area contributed by atoms with E-state index in [1.165, 1.54) is 38.1 Å². The summed E-state index contributed by atoms with van der Waals surface area (Å²) in [5, 5.41) is -0.702. The van der Waals surface area contributed by atoms with Gasteiger partial charge >= 0.3 is 0 Å². The Kier molecular flexibility index (Phi) is 5.46. The van der Waals surface area contributed by atoms with Crippen molar-refractivity contribution in [2.75, 3.05) is 0 Å². The lowest BCUT2D eigenvalue weighted by Gasteiger charge is -2.10. The quantitative estimate of drug-likeness (QED) is 0.801. The molecule has 0 amide bonds. The van der Waals surface area contributed by atoms with E-state index in [1.54, 1.807) is 0 Å². The maximum absolute atomic E-state index is 11.9. The predicted molar refractivity (Wildman–Crippen MR) is 69.1 cm³/mol. The smallest absolute Gasteiger partial charge is 0.223 e. The number of benzene rings is 1. The minimum absolute atomic E-state index is 0. The second-order valence-corrected chi connectivity index (χ2v) is 8.49. The zero-order valence-electron chi connectivity index (χ0n) is 9.12. The molecule has 0 aliphatic heterocycles. The molecule has 1 aromatic carbocycles. The van der Waals surface area contributed by atoms with E-state index in [0.717, 1.165) is 0 Å². The molecule has 0 radical (unpaired) electrons. The van der Waals surface area contributed by atoms with Gasteiger partial charge in [-0.1, -0.05) is 12.1 Å². The Morgan fingerprint density at radius 1 is 1.00 bits per heavy atom. The summed E-state index contributed by atoms with van der Waals surface area (Å²) in [6.45, 7) is 2.96. The molecule has 17 heavy (non-hydrogen) atoms. The van der Waals surface area contributed by atoms with Crippen LogP contribution in [0.2, 0.25) is 0 Å². The van der Waals surface area contributed by atoms with Crippen LogP contribution in [0.15, 0.2) is 34.1 Å². The molecule has 0 N–H and O–H groups in total. The number of rotatable bonds is 3. The van der Waals surface area contributed by atoms with Gasteiger partial charge in [0, 0.05) is 10.7 Å². The third-order valence-corrected chi connectivity index (χ3v) is 5.76. The zero-order chi connectivity index (χ0) is 12.6. The molecule has 0 fully saturated rings. The van der Waals surface area contributed by atoms with Crippen molar-refractivity contribution < 1.29 is 16.8 Å². The highest BCUT2D eigenvalue weighted by Gasteiger charge is 2.27. The second-order valence-electron chi connectivity index (χ2n) is 3.48. The van der Waals surface area contributed by atoms with Crippen LogP contribution in [0.3, 0.4) is 0 Å². The maximum Gasteiger partial charge on any atom is 0.262 e. The Labute approximate surface area is 112 Å². The van der Waals surface area contributed by atoms with Crippen molar-refractivity contribution in [1.29, 1.82) is 0 Å². The molecule has 98 valence electrons. The van der Waals surface area contributed by atoms with E-state index in [4.69, 9.17) is 10.7 Å². The molecule has 0 heterocycles. The van der Waals surface area contributed by atoms with Crippen LogP contribution in [-0.2, 0) is 18.9 Å². The van der Waals surface area contributed by atoms with Crippen molar-refractivity contribution in [3.8, 4) is 0 Å². The van der Waals surface area contributed by atoms with Crippen molar-refractivity contribution in [3.05, 3.63) is 24.3 Å². The van der Waals surface area contributed by atoms with Gasteiger partial charge in [-0.3, -0.25) is 0 Å². The highest BCUT2D eigenvalue weighted by atomic mass is 35.7. The minimum atomic E-state index is -4.06. The predicted octanol–water partition coefficient (Wildman–Crippen LogP) is 2.22. The number of halogens is 2. The monoisotopic (exact) mass is 318 g/mol. The summed E-state index contributed by atoms with van der Waals surface area (Å²) in [6.07, 6.45) is 0. The molecule has 4 nitrogen and oxygen atoms in total. The number of hydrogen-bond acceptors (Lipinski definition) is 4. The van der Waals surface area contributed by atoms with Gasteiger partial charge in [-0.25, -0.2) is 16.8 Å². The summed E-state index contributed by atoms with van der Waals surface area (Å²) in [5.74, 6) is 0. The van der Waals surface area contributed by atoms with E-state index >= 15 is 0 Å². The van der Waals surface area contributed by atoms with Gasteiger partial charge in [0.2, 0.25) is 0 Å². The Morgan fingerprint density at radius 3 is 1.76 bits per heavy atom. The van der Waals surface area contributed by atoms with Gasteiger partial charge in [0.05, 0.1) is 10.1 Å². The average Bonchev–Trinajstić information content (AvgIpc) is 2.16. The molecule has 0 unspecified atom stereocenters. The van der Waals surface area contributed by atoms with Crippen LogP contribution in [0.4, 0.5) is 0 Å². The van der Waals surface area contributed by atoms with E-state index in [0.29, 0.717) is 0 Å². The molecule has 0 aliphatic rings. The van der Waals surface area contributed by atoms with Crippen LogP contribution in [0.5, 0.6) is 0 Å². The number of sulfone groups is 1. The Morgan fingerprint density at radius 2 is 1.41 bits per heavy atom. The van der Waals surface area contributed by atoms with Gasteiger partial charge < -0.3 is 0 Å². The maximum atomic E-state index is 11.9. The molecule has 0 spiro atoms. The van der Waals surface area contributed by atoms with Gasteiger partial charge in [-0.2, -0.15) is 0 Å². The van der Waals surface area contributed by atoms with E-state index < -0.39 is 24.1 Å². The molecule has 0 saturated carbocycles. The molecule has 1 rings (SSSR count). The molecule has 0 aliphatic carbocycles. The summed E-state index contributed by atoms with van der Waals surface area (Å²) in [4.78, 5) is -0.620. The van der Waals surface area contributed by atoms with E-state index in [1.807, 2.05) is 0 Å². The fourth-order valence-electron chi connectivity index (χ4n) is 1.14. The van der Waals surface area contributed by atoms with Crippen LogP contribution < -0.4 is 0 Å². The first kappa shape index (κ1) is 16.7. The molecule has 0 bridgehead atoms. The molecule has 8 heteroatoms. The van der Waals surface area contributed by atoms with Crippen LogP contribution in [0, 0.1) is 0 Å². The van der Waals surface area contributed by atoms with Gasteiger partial charge in [0.25, 0.3) is 9.05 Å². The lowest BCUT2D eigenvalue weighted by atomic mass is 10.4. The van der Waals surface area contributed by atoms with Crippen LogP contribution in [-0.4, -0.2) is 22.1 Å². The first-order valence-electron chi connectivity index (χ1n) is 4.45. The van der Waals surface area contributed by atoms with Crippen LogP contribution in [0.25, 0.3) is 0 Å². The fraction of sp³-hybridized carbons (Fsp3) is 0.333. The summed E-state index contributed by atoms with van der Waals surface area (Å²) >= 11 is 0. The van der Waals surface area contributed by atoms with Crippen molar-refractivity contribution in [2.45, 2.75) is 28.9 Å². The highest BCUT2D eigenvalue weighted by Crippen LogP contribution is 2.26. The van der Waals surface area contributed by atoms with Gasteiger partial charge in [0.15, 0.2) is 9.84 Å². The van der Waals surface area contributed by atoms with Crippen LogP contribution >= 0.6 is 23.1 Å². The van der Waals surface area contributed by atoms with Crippen LogP contribution in [0.1, 0.15) is 13.8 Å². The molecular formula is C9H12Cl2O4S2. The third-order valence-electron chi connectivity index (χ3n) is 2.04. The van der Waals surface area contributed by atoms with Crippen molar-refractivity contribution in [3.63, 3.8) is 0 Å². The minimum Gasteiger partial charge on any atom is -0.223 e. The first-order chi connectivity index (χ1) is 7.17. The van der Waals surface area contributed by atoms with E-state index in [2.05, 4.69) is 0 Å². The summed E-state index contributed by atoms with van der Waals surface area (Å²) in [5.41, 5.74) is 0. The Balaban J connectivity index is 0.00000256. The summed E-state index contributed by atoms with van der Waals surface area (Å²) < 4.78 is 46.2. The summed E-state index contributed by atoms with van der Waals surface area (Å²) in [6, 6.07) is 5.30. The van der Waals surface area contributed by atoms with Crippen molar-refractivity contribution >= 4 is 42.0 Å². The molecular weight excluding hydrogens is 307 g/mol. The largest absolute Gasteiger partial charge is 0.262 e. The van der Waals surface area contributed by atoms with Crippen molar-refractivity contribution in [1.82, 2.24) is 0 Å². The molecule has 0 saturated heterocycles. The highest BCUT2D eigenvalue weighted by molar-refractivity contribution is 8.14. The van der Waals surface area contributed by atoms with Gasteiger partial charge in [-0.05, 0) is 26.0 Å². The lowest BCUT2D eigenvalue weighted by molar-refractivity contribution is 0.581.